The summed E-state index contributed by atoms with van der Waals surface area (Å²) in [7, 11) is 0. The summed E-state index contributed by atoms with van der Waals surface area (Å²) in [5.41, 5.74) is 2.86. The largest absolute Gasteiger partial charge is 0.478 e. The molecular weight excluding hydrogens is 302 g/mol. The number of benzene rings is 1. The molecule has 3 atom stereocenters. The van der Waals surface area contributed by atoms with Crippen molar-refractivity contribution in [2.24, 2.45) is 0 Å². The molecule has 0 saturated heterocycles. The third-order valence-corrected chi connectivity index (χ3v) is 4.33. The van der Waals surface area contributed by atoms with E-state index in [1.165, 1.54) is 0 Å². The van der Waals surface area contributed by atoms with E-state index < -0.39 is 6.10 Å². The van der Waals surface area contributed by atoms with Crippen LogP contribution in [0.4, 0.5) is 5.69 Å². The zero-order valence-corrected chi connectivity index (χ0v) is 14.2. The molecule has 2 aromatic rings. The second-order valence-corrected chi connectivity index (χ2v) is 6.12. The van der Waals surface area contributed by atoms with Crippen LogP contribution in [0.3, 0.4) is 0 Å². The van der Waals surface area contributed by atoms with E-state index in [4.69, 9.17) is 4.74 Å². The predicted molar refractivity (Wildman–Crippen MR) is 94.0 cm³/mol. The number of pyridine rings is 1. The fraction of sp³-hybridized carbons (Fsp3) is 0.368. The van der Waals surface area contributed by atoms with E-state index in [1.807, 2.05) is 43.3 Å². The smallest absolute Gasteiger partial charge is 0.265 e. The van der Waals surface area contributed by atoms with E-state index in [9.17, 15) is 4.79 Å². The molecule has 1 aromatic carbocycles. The maximum atomic E-state index is 11.9. The average Bonchev–Trinajstić information content (AvgIpc) is 2.61. The van der Waals surface area contributed by atoms with Crippen LogP contribution in [0.25, 0.3) is 0 Å². The Hall–Kier alpha value is -2.40. The number of amides is 1. The van der Waals surface area contributed by atoms with Gasteiger partial charge in [-0.1, -0.05) is 19.1 Å². The Balaban J connectivity index is 1.74. The first-order chi connectivity index (χ1) is 11.6. The fourth-order valence-corrected chi connectivity index (χ4v) is 2.89. The number of carbonyl (C=O) groups is 1. The van der Waals surface area contributed by atoms with Crippen molar-refractivity contribution in [2.45, 2.75) is 45.4 Å². The van der Waals surface area contributed by atoms with Gasteiger partial charge in [-0.15, -0.1) is 0 Å². The van der Waals surface area contributed by atoms with Gasteiger partial charge in [0.05, 0.1) is 11.4 Å². The number of nitrogens with one attached hydrogen (secondary N) is 2. The first-order valence-corrected chi connectivity index (χ1v) is 8.37. The predicted octanol–water partition coefficient (Wildman–Crippen LogP) is 3.60. The van der Waals surface area contributed by atoms with Crippen molar-refractivity contribution < 1.29 is 9.53 Å². The molecule has 5 nitrogen and oxygen atoms in total. The Morgan fingerprint density at radius 3 is 2.79 bits per heavy atom. The van der Waals surface area contributed by atoms with E-state index in [-0.39, 0.29) is 18.0 Å². The Morgan fingerprint density at radius 1 is 1.25 bits per heavy atom. The van der Waals surface area contributed by atoms with E-state index in [1.54, 1.807) is 6.20 Å². The summed E-state index contributed by atoms with van der Waals surface area (Å²) >= 11 is 0. The van der Waals surface area contributed by atoms with Crippen LogP contribution in [0, 0.1) is 0 Å². The molecule has 24 heavy (non-hydrogen) atoms. The van der Waals surface area contributed by atoms with Gasteiger partial charge < -0.3 is 15.4 Å². The third-order valence-electron chi connectivity index (χ3n) is 4.33. The summed E-state index contributed by atoms with van der Waals surface area (Å²) in [4.78, 5) is 16.2. The van der Waals surface area contributed by atoms with E-state index in [0.717, 1.165) is 22.7 Å². The molecular formula is C19H23N3O2. The van der Waals surface area contributed by atoms with Crippen molar-refractivity contribution >= 4 is 11.6 Å². The first-order valence-electron chi connectivity index (χ1n) is 8.37. The standard InChI is InChI=1S/C19H23N3O2/c1-4-17-19(23)22-16-9-8-14(11-18(16)24-17)12(2)21-13(3)15-7-5-6-10-20-15/h5-13,17,21H,4H2,1-3H3,(H,22,23)/t12-,13-,17+/m1/s1. The van der Waals surface area contributed by atoms with E-state index in [0.29, 0.717) is 6.42 Å². The van der Waals surface area contributed by atoms with Gasteiger partial charge in [-0.25, -0.2) is 0 Å². The summed E-state index contributed by atoms with van der Waals surface area (Å²) in [6, 6.07) is 12.1. The van der Waals surface area contributed by atoms with E-state index in [2.05, 4.69) is 29.5 Å². The molecule has 2 N–H and O–H groups in total. The van der Waals surface area contributed by atoms with Gasteiger partial charge in [0.2, 0.25) is 0 Å². The number of rotatable bonds is 5. The molecule has 1 amide bonds. The average molecular weight is 325 g/mol. The third kappa shape index (κ3) is 3.41. The number of aromatic nitrogens is 1. The van der Waals surface area contributed by atoms with Gasteiger partial charge in [0.1, 0.15) is 5.75 Å². The fourth-order valence-electron chi connectivity index (χ4n) is 2.89. The molecule has 1 aliphatic rings. The van der Waals surface area contributed by atoms with Gasteiger partial charge in [-0.05, 0) is 50.1 Å². The number of carbonyl (C=O) groups excluding carboxylic acids is 1. The van der Waals surface area contributed by atoms with Crippen molar-refractivity contribution in [2.75, 3.05) is 5.32 Å². The monoisotopic (exact) mass is 325 g/mol. The summed E-state index contributed by atoms with van der Waals surface area (Å²) < 4.78 is 5.82. The topological polar surface area (TPSA) is 63.2 Å². The SMILES string of the molecule is CC[C@@H]1Oc2cc([C@@H](C)N[C@H](C)c3ccccn3)ccc2NC1=O. The Morgan fingerprint density at radius 2 is 2.08 bits per heavy atom. The lowest BCUT2D eigenvalue weighted by atomic mass is 10.0. The maximum absolute atomic E-state index is 11.9. The number of nitrogens with zero attached hydrogens (tertiary/aromatic N) is 1. The molecule has 0 aliphatic carbocycles. The highest BCUT2D eigenvalue weighted by atomic mass is 16.5. The minimum Gasteiger partial charge on any atom is -0.478 e. The molecule has 126 valence electrons. The number of ether oxygens (including phenoxy) is 1. The Kier molecular flexibility index (Phi) is 4.81. The molecule has 3 rings (SSSR count). The van der Waals surface area contributed by atoms with Crippen molar-refractivity contribution in [1.29, 1.82) is 0 Å². The van der Waals surface area contributed by atoms with Crippen LogP contribution < -0.4 is 15.4 Å². The zero-order chi connectivity index (χ0) is 17.1. The molecule has 0 saturated carbocycles. The Bertz CT molecular complexity index is 718. The summed E-state index contributed by atoms with van der Waals surface area (Å²) in [5, 5.41) is 6.45. The van der Waals surface area contributed by atoms with Gasteiger partial charge >= 0.3 is 0 Å². The summed E-state index contributed by atoms with van der Waals surface area (Å²) in [6.07, 6.45) is 2.04. The van der Waals surface area contributed by atoms with Crippen LogP contribution in [-0.4, -0.2) is 17.0 Å². The lowest BCUT2D eigenvalue weighted by molar-refractivity contribution is -0.123. The van der Waals surface area contributed by atoms with Gasteiger partial charge in [0.25, 0.3) is 5.91 Å². The summed E-state index contributed by atoms with van der Waals surface area (Å²) in [5.74, 6) is 0.658. The quantitative estimate of drug-likeness (QED) is 0.881. The van der Waals surface area contributed by atoms with Crippen LogP contribution in [0.1, 0.15) is 50.5 Å². The first kappa shape index (κ1) is 16.5. The van der Waals surface area contributed by atoms with Crippen LogP contribution in [0.5, 0.6) is 5.75 Å². The molecule has 0 spiro atoms. The zero-order valence-electron chi connectivity index (χ0n) is 14.2. The molecule has 1 aromatic heterocycles. The van der Waals surface area contributed by atoms with Gasteiger partial charge in [0.15, 0.2) is 6.10 Å². The second-order valence-electron chi connectivity index (χ2n) is 6.12. The molecule has 2 heterocycles. The van der Waals surface area contributed by atoms with Crippen LogP contribution in [-0.2, 0) is 4.79 Å². The van der Waals surface area contributed by atoms with Crippen LogP contribution in [0.15, 0.2) is 42.6 Å². The van der Waals surface area contributed by atoms with Gasteiger partial charge in [0, 0.05) is 18.3 Å². The molecule has 0 fully saturated rings. The number of fused-ring (bicyclic) bond motifs is 1. The molecule has 5 heteroatoms. The highest BCUT2D eigenvalue weighted by Gasteiger charge is 2.26. The molecule has 1 aliphatic heterocycles. The van der Waals surface area contributed by atoms with Crippen LogP contribution >= 0.6 is 0 Å². The van der Waals surface area contributed by atoms with Crippen molar-refractivity contribution in [3.63, 3.8) is 0 Å². The lowest BCUT2D eigenvalue weighted by Gasteiger charge is -2.27. The van der Waals surface area contributed by atoms with Crippen molar-refractivity contribution in [1.82, 2.24) is 10.3 Å². The van der Waals surface area contributed by atoms with Crippen molar-refractivity contribution in [3.8, 4) is 5.75 Å². The van der Waals surface area contributed by atoms with E-state index >= 15 is 0 Å². The van der Waals surface area contributed by atoms with Gasteiger partial charge in [-0.2, -0.15) is 0 Å². The number of anilines is 1. The second kappa shape index (κ2) is 7.01. The van der Waals surface area contributed by atoms with Crippen LogP contribution in [0.2, 0.25) is 0 Å². The molecule has 0 radical (unpaired) electrons. The van der Waals surface area contributed by atoms with Crippen molar-refractivity contribution in [3.05, 3.63) is 53.9 Å². The molecule has 0 unspecified atom stereocenters. The minimum atomic E-state index is -0.413. The number of hydrogen-bond acceptors (Lipinski definition) is 4. The molecule has 0 bridgehead atoms. The summed E-state index contributed by atoms with van der Waals surface area (Å²) in [6.45, 7) is 6.15. The number of hydrogen-bond donors (Lipinski definition) is 2. The Labute approximate surface area is 142 Å². The maximum Gasteiger partial charge on any atom is 0.265 e. The normalized spacial score (nSPS) is 19.0. The highest BCUT2D eigenvalue weighted by molar-refractivity contribution is 5.97. The minimum absolute atomic E-state index is 0.0762. The lowest BCUT2D eigenvalue weighted by Crippen LogP contribution is -2.36. The van der Waals surface area contributed by atoms with Gasteiger partial charge in [-0.3, -0.25) is 9.78 Å². The highest BCUT2D eigenvalue weighted by Crippen LogP contribution is 2.33.